The Bertz CT molecular complexity index is 534. The van der Waals surface area contributed by atoms with E-state index in [1.807, 2.05) is 19.9 Å². The molecule has 1 aliphatic rings. The zero-order chi connectivity index (χ0) is 12.6. The second kappa shape index (κ2) is 4.22. The quantitative estimate of drug-likeness (QED) is 0.808. The first-order valence-corrected chi connectivity index (χ1v) is 7.40. The molecule has 1 saturated carbocycles. The number of anilines is 2. The highest BCUT2D eigenvalue weighted by atomic mass is 32.2. The fraction of sp³-hybridized carbons (Fsp3) is 0.500. The summed E-state index contributed by atoms with van der Waals surface area (Å²) in [6.07, 6.45) is 2.03. The highest BCUT2D eigenvalue weighted by Gasteiger charge is 2.28. The highest BCUT2D eigenvalue weighted by Crippen LogP contribution is 2.32. The molecule has 0 radical (unpaired) electrons. The van der Waals surface area contributed by atoms with E-state index in [9.17, 15) is 8.42 Å². The summed E-state index contributed by atoms with van der Waals surface area (Å²) in [5, 5.41) is 0. The van der Waals surface area contributed by atoms with Crippen LogP contribution in [0.2, 0.25) is 0 Å². The highest BCUT2D eigenvalue weighted by molar-refractivity contribution is 7.92. The average molecular weight is 254 g/mol. The summed E-state index contributed by atoms with van der Waals surface area (Å²) in [4.78, 5) is 0. The van der Waals surface area contributed by atoms with E-state index in [-0.39, 0.29) is 5.75 Å². The molecule has 1 aliphatic carbocycles. The van der Waals surface area contributed by atoms with Crippen LogP contribution in [-0.2, 0) is 10.0 Å². The SMILES string of the molecule is Cc1ccc(N)c(NS(=O)(=O)CC2CC2)c1C. The third-order valence-electron chi connectivity index (χ3n) is 3.18. The van der Waals surface area contributed by atoms with Crippen molar-refractivity contribution in [3.63, 3.8) is 0 Å². The van der Waals surface area contributed by atoms with Crippen LogP contribution in [-0.4, -0.2) is 14.2 Å². The third kappa shape index (κ3) is 2.91. The zero-order valence-corrected chi connectivity index (χ0v) is 11.0. The van der Waals surface area contributed by atoms with Crippen LogP contribution in [0.5, 0.6) is 0 Å². The molecule has 1 aromatic carbocycles. The minimum atomic E-state index is -3.26. The van der Waals surface area contributed by atoms with Crippen molar-refractivity contribution in [2.24, 2.45) is 5.92 Å². The van der Waals surface area contributed by atoms with E-state index >= 15 is 0 Å². The van der Waals surface area contributed by atoms with E-state index in [0.717, 1.165) is 24.0 Å². The van der Waals surface area contributed by atoms with Crippen LogP contribution in [0.1, 0.15) is 24.0 Å². The molecule has 0 bridgehead atoms. The number of benzene rings is 1. The smallest absolute Gasteiger partial charge is 0.233 e. The van der Waals surface area contributed by atoms with Crippen LogP contribution in [0.3, 0.4) is 0 Å². The summed E-state index contributed by atoms with van der Waals surface area (Å²) in [5.41, 5.74) is 8.75. The van der Waals surface area contributed by atoms with Gasteiger partial charge in [-0.1, -0.05) is 6.07 Å². The predicted octanol–water partition coefficient (Wildman–Crippen LogP) is 2.04. The van der Waals surface area contributed by atoms with Crippen LogP contribution >= 0.6 is 0 Å². The first-order chi connectivity index (χ1) is 7.89. The van der Waals surface area contributed by atoms with E-state index in [0.29, 0.717) is 17.3 Å². The first-order valence-electron chi connectivity index (χ1n) is 5.75. The Morgan fingerprint density at radius 1 is 1.35 bits per heavy atom. The van der Waals surface area contributed by atoms with Crippen molar-refractivity contribution in [2.75, 3.05) is 16.2 Å². The molecule has 0 amide bonds. The topological polar surface area (TPSA) is 72.2 Å². The molecule has 1 aromatic rings. The van der Waals surface area contributed by atoms with Gasteiger partial charge in [-0.05, 0) is 49.8 Å². The van der Waals surface area contributed by atoms with Gasteiger partial charge in [0.05, 0.1) is 17.1 Å². The van der Waals surface area contributed by atoms with Crippen molar-refractivity contribution in [1.29, 1.82) is 0 Å². The Balaban J connectivity index is 2.25. The van der Waals surface area contributed by atoms with Crippen molar-refractivity contribution in [2.45, 2.75) is 26.7 Å². The van der Waals surface area contributed by atoms with Gasteiger partial charge in [0.2, 0.25) is 10.0 Å². The lowest BCUT2D eigenvalue weighted by Gasteiger charge is -2.14. The number of aryl methyl sites for hydroxylation is 1. The van der Waals surface area contributed by atoms with Gasteiger partial charge in [-0.15, -0.1) is 0 Å². The van der Waals surface area contributed by atoms with Gasteiger partial charge in [-0.3, -0.25) is 4.72 Å². The van der Waals surface area contributed by atoms with Crippen LogP contribution < -0.4 is 10.5 Å². The van der Waals surface area contributed by atoms with Gasteiger partial charge in [0.1, 0.15) is 0 Å². The number of hydrogen-bond acceptors (Lipinski definition) is 3. The molecule has 0 spiro atoms. The summed E-state index contributed by atoms with van der Waals surface area (Å²) in [5.74, 6) is 0.540. The van der Waals surface area contributed by atoms with E-state index in [1.165, 1.54) is 0 Å². The van der Waals surface area contributed by atoms with Crippen molar-refractivity contribution in [3.05, 3.63) is 23.3 Å². The van der Waals surface area contributed by atoms with Crippen LogP contribution in [0, 0.1) is 19.8 Å². The molecule has 0 aliphatic heterocycles. The van der Waals surface area contributed by atoms with Crippen molar-refractivity contribution >= 4 is 21.4 Å². The summed E-state index contributed by atoms with van der Waals surface area (Å²) in [6.45, 7) is 3.81. The number of hydrogen-bond donors (Lipinski definition) is 2. The molecular formula is C12H18N2O2S. The monoisotopic (exact) mass is 254 g/mol. The minimum Gasteiger partial charge on any atom is -0.397 e. The minimum absolute atomic E-state index is 0.208. The lowest BCUT2D eigenvalue weighted by atomic mass is 10.1. The maximum atomic E-state index is 11.9. The maximum absolute atomic E-state index is 11.9. The van der Waals surface area contributed by atoms with Gasteiger partial charge >= 0.3 is 0 Å². The summed E-state index contributed by atoms with van der Waals surface area (Å²) in [7, 11) is -3.26. The Morgan fingerprint density at radius 2 is 2.00 bits per heavy atom. The number of nitrogens with one attached hydrogen (secondary N) is 1. The van der Waals surface area contributed by atoms with Crippen molar-refractivity contribution < 1.29 is 8.42 Å². The fourth-order valence-corrected chi connectivity index (χ4v) is 3.38. The van der Waals surface area contributed by atoms with Gasteiger partial charge in [0.25, 0.3) is 0 Å². The van der Waals surface area contributed by atoms with Gasteiger partial charge in [-0.2, -0.15) is 0 Å². The van der Waals surface area contributed by atoms with E-state index in [4.69, 9.17) is 5.73 Å². The summed E-state index contributed by atoms with van der Waals surface area (Å²) in [6, 6.07) is 3.63. The second-order valence-electron chi connectivity index (χ2n) is 4.80. The largest absolute Gasteiger partial charge is 0.397 e. The Kier molecular flexibility index (Phi) is 3.03. The molecule has 2 rings (SSSR count). The molecular weight excluding hydrogens is 236 g/mol. The zero-order valence-electron chi connectivity index (χ0n) is 10.2. The van der Waals surface area contributed by atoms with E-state index in [2.05, 4.69) is 4.72 Å². The van der Waals surface area contributed by atoms with Crippen molar-refractivity contribution in [3.8, 4) is 0 Å². The van der Waals surface area contributed by atoms with E-state index in [1.54, 1.807) is 6.07 Å². The lowest BCUT2D eigenvalue weighted by Crippen LogP contribution is -2.19. The molecule has 4 nitrogen and oxygen atoms in total. The number of nitrogen functional groups attached to an aromatic ring is 1. The molecule has 0 heterocycles. The molecule has 17 heavy (non-hydrogen) atoms. The summed E-state index contributed by atoms with van der Waals surface area (Å²) < 4.78 is 26.4. The van der Waals surface area contributed by atoms with Gasteiger partial charge in [0, 0.05) is 0 Å². The first kappa shape index (κ1) is 12.2. The lowest BCUT2D eigenvalue weighted by molar-refractivity contribution is 0.597. The van der Waals surface area contributed by atoms with Crippen LogP contribution in [0.4, 0.5) is 11.4 Å². The molecule has 1 fully saturated rings. The van der Waals surface area contributed by atoms with Gasteiger partial charge < -0.3 is 5.73 Å². The van der Waals surface area contributed by atoms with Crippen LogP contribution in [0.25, 0.3) is 0 Å². The molecule has 0 unspecified atom stereocenters. The second-order valence-corrected chi connectivity index (χ2v) is 6.57. The van der Waals surface area contributed by atoms with Gasteiger partial charge in [0.15, 0.2) is 0 Å². The number of rotatable bonds is 4. The Morgan fingerprint density at radius 3 is 2.59 bits per heavy atom. The number of nitrogens with two attached hydrogens (primary N) is 1. The molecule has 0 aromatic heterocycles. The van der Waals surface area contributed by atoms with Crippen molar-refractivity contribution in [1.82, 2.24) is 0 Å². The molecule has 5 heteroatoms. The van der Waals surface area contributed by atoms with E-state index < -0.39 is 10.0 Å². The molecule has 0 saturated heterocycles. The maximum Gasteiger partial charge on any atom is 0.233 e. The third-order valence-corrected chi connectivity index (χ3v) is 4.60. The molecule has 94 valence electrons. The Hall–Kier alpha value is -1.23. The predicted molar refractivity (Wildman–Crippen MR) is 70.5 cm³/mol. The summed E-state index contributed by atoms with van der Waals surface area (Å²) >= 11 is 0. The normalized spacial score (nSPS) is 15.9. The number of sulfonamides is 1. The fourth-order valence-electron chi connectivity index (χ4n) is 1.76. The standard InChI is InChI=1S/C12H18N2O2S/c1-8-3-6-11(13)12(9(8)2)14-17(15,16)7-10-4-5-10/h3,6,10,14H,4-5,7,13H2,1-2H3. The Labute approximate surface area is 102 Å². The molecule has 3 N–H and O–H groups in total. The average Bonchev–Trinajstić information content (AvgIpc) is 3.02. The van der Waals surface area contributed by atoms with Gasteiger partial charge in [-0.25, -0.2) is 8.42 Å². The molecule has 0 atom stereocenters. The van der Waals surface area contributed by atoms with Crippen LogP contribution in [0.15, 0.2) is 12.1 Å².